The number of anilines is 2. The maximum Gasteiger partial charge on any atom is 0.233 e. The van der Waals surface area contributed by atoms with Gasteiger partial charge in [0.05, 0.1) is 49.3 Å². The van der Waals surface area contributed by atoms with Gasteiger partial charge in [0.25, 0.3) is 0 Å². The van der Waals surface area contributed by atoms with Gasteiger partial charge in [-0.15, -0.1) is 0 Å². The first-order valence-electron chi connectivity index (χ1n) is 8.89. The molecule has 1 fully saturated rings. The lowest BCUT2D eigenvalue weighted by Gasteiger charge is -2.34. The molecular formula is C16H21IN7O3PS. The molecule has 0 spiro atoms. The monoisotopic (exact) mass is 549 g/mol. The number of halogens is 1. The summed E-state index contributed by atoms with van der Waals surface area (Å²) in [4.78, 5) is 7.01. The predicted molar refractivity (Wildman–Crippen MR) is 123 cm³/mol. The highest BCUT2D eigenvalue weighted by molar-refractivity contribution is 14.2. The quantitative estimate of drug-likeness (QED) is 0.355. The highest BCUT2D eigenvalue weighted by Gasteiger charge is 2.26. The summed E-state index contributed by atoms with van der Waals surface area (Å²) >= 11 is 2.27. The molecule has 0 bridgehead atoms. The largest absolute Gasteiger partial charge is 0.377 e. The Morgan fingerprint density at radius 2 is 2.17 bits per heavy atom. The Bertz CT molecular complexity index is 1150. The van der Waals surface area contributed by atoms with Crippen LogP contribution in [0.1, 0.15) is 6.92 Å². The van der Waals surface area contributed by atoms with E-state index in [4.69, 9.17) is 9.72 Å². The highest BCUT2D eigenvalue weighted by Crippen LogP contribution is 2.34. The standard InChI is InChI=1S/C16H21IN7O3PS/c1-11-10-27-7-6-22(11)14-8-15(21(2)29(3,25)26)23-16(20-14)12(9-19-23)13-4-5-18-24(13)28-17/h4-5,8-9,11,28H,6-7,10H2,1-3H3/t11-/m1/s1. The summed E-state index contributed by atoms with van der Waals surface area (Å²) in [6, 6.07) is 3.81. The first kappa shape index (κ1) is 20.8. The maximum atomic E-state index is 12.3. The van der Waals surface area contributed by atoms with Gasteiger partial charge in [0.15, 0.2) is 5.65 Å². The third-order valence-corrected chi connectivity index (χ3v) is 7.99. The summed E-state index contributed by atoms with van der Waals surface area (Å²) in [5.74, 6) is 1.13. The Balaban J connectivity index is 1.96. The van der Waals surface area contributed by atoms with Gasteiger partial charge in [0, 0.05) is 25.9 Å². The van der Waals surface area contributed by atoms with Crippen LogP contribution in [0.5, 0.6) is 0 Å². The second-order valence-corrected chi connectivity index (χ2v) is 10.9. The maximum absolute atomic E-state index is 12.3. The van der Waals surface area contributed by atoms with Crippen LogP contribution in [-0.2, 0) is 14.8 Å². The van der Waals surface area contributed by atoms with Crippen LogP contribution >= 0.6 is 28.4 Å². The molecule has 0 saturated carbocycles. The zero-order valence-electron chi connectivity index (χ0n) is 16.1. The highest BCUT2D eigenvalue weighted by atomic mass is 127. The molecule has 156 valence electrons. The van der Waals surface area contributed by atoms with Crippen LogP contribution in [0.2, 0.25) is 0 Å². The summed E-state index contributed by atoms with van der Waals surface area (Å²) < 4.78 is 34.8. The van der Waals surface area contributed by atoms with E-state index < -0.39 is 10.0 Å². The van der Waals surface area contributed by atoms with E-state index in [2.05, 4.69) is 44.1 Å². The van der Waals surface area contributed by atoms with E-state index in [1.807, 2.05) is 10.5 Å². The van der Waals surface area contributed by atoms with Crippen LogP contribution in [0.4, 0.5) is 11.6 Å². The predicted octanol–water partition coefficient (Wildman–Crippen LogP) is 2.01. The van der Waals surface area contributed by atoms with Crippen molar-refractivity contribution in [3.63, 3.8) is 0 Å². The van der Waals surface area contributed by atoms with E-state index in [-0.39, 0.29) is 6.04 Å². The number of sulfonamides is 1. The van der Waals surface area contributed by atoms with E-state index in [1.54, 1.807) is 23.0 Å². The molecule has 0 N–H and O–H groups in total. The summed E-state index contributed by atoms with van der Waals surface area (Å²) in [7, 11) is -1.96. The van der Waals surface area contributed by atoms with Crippen molar-refractivity contribution in [2.45, 2.75) is 13.0 Å². The second kappa shape index (κ2) is 7.97. The minimum absolute atomic E-state index is 0.128. The van der Waals surface area contributed by atoms with Gasteiger partial charge in [-0.1, -0.05) is 0 Å². The van der Waals surface area contributed by atoms with E-state index in [0.29, 0.717) is 43.4 Å². The molecule has 4 rings (SSSR count). The van der Waals surface area contributed by atoms with E-state index in [0.717, 1.165) is 11.3 Å². The van der Waals surface area contributed by atoms with E-state index >= 15 is 0 Å². The molecule has 0 radical (unpaired) electrons. The topological polar surface area (TPSA) is 97.9 Å². The Hall–Kier alpha value is -1.50. The van der Waals surface area contributed by atoms with Crippen LogP contribution in [-0.4, -0.2) is 71.7 Å². The van der Waals surface area contributed by atoms with Crippen molar-refractivity contribution in [3.8, 4) is 11.3 Å². The van der Waals surface area contributed by atoms with Crippen molar-refractivity contribution in [1.82, 2.24) is 24.1 Å². The normalized spacial score (nSPS) is 18.2. The van der Waals surface area contributed by atoms with Crippen LogP contribution in [0.15, 0.2) is 24.5 Å². The smallest absolute Gasteiger partial charge is 0.233 e. The molecule has 1 aliphatic rings. The number of aromatic nitrogens is 5. The van der Waals surface area contributed by atoms with Crippen molar-refractivity contribution >= 4 is 55.7 Å². The number of nitrogens with zero attached hydrogens (tertiary/aromatic N) is 7. The Labute approximate surface area is 183 Å². The third-order valence-electron chi connectivity index (χ3n) is 4.92. The molecule has 1 saturated heterocycles. The molecular weight excluding hydrogens is 528 g/mol. The van der Waals surface area contributed by atoms with Gasteiger partial charge in [-0.2, -0.15) is 14.7 Å². The fourth-order valence-electron chi connectivity index (χ4n) is 3.30. The number of rotatable bonds is 5. The molecule has 3 aromatic rings. The van der Waals surface area contributed by atoms with Gasteiger partial charge in [0.1, 0.15) is 11.6 Å². The molecule has 1 unspecified atom stereocenters. The molecule has 1 aliphatic heterocycles. The molecule has 3 aromatic heterocycles. The summed E-state index contributed by atoms with van der Waals surface area (Å²) in [6.07, 6.45) is 5.04. The number of morpholine rings is 1. The van der Waals surface area contributed by atoms with Gasteiger partial charge in [0.2, 0.25) is 10.0 Å². The average molecular weight is 549 g/mol. The van der Waals surface area contributed by atoms with Crippen LogP contribution in [0.3, 0.4) is 0 Å². The molecule has 4 heterocycles. The molecule has 29 heavy (non-hydrogen) atoms. The lowest BCUT2D eigenvalue weighted by atomic mass is 10.2. The van der Waals surface area contributed by atoms with E-state index in [9.17, 15) is 8.42 Å². The lowest BCUT2D eigenvalue weighted by Crippen LogP contribution is -2.44. The van der Waals surface area contributed by atoms with Crippen LogP contribution in [0.25, 0.3) is 16.9 Å². The lowest BCUT2D eigenvalue weighted by molar-refractivity contribution is 0.0985. The molecule has 0 aromatic carbocycles. The molecule has 0 amide bonds. The minimum Gasteiger partial charge on any atom is -0.377 e. The van der Waals surface area contributed by atoms with Crippen molar-refractivity contribution in [3.05, 3.63) is 24.5 Å². The minimum atomic E-state index is -3.48. The molecule has 10 nitrogen and oxygen atoms in total. The fourth-order valence-corrected chi connectivity index (χ4v) is 5.32. The SMILES string of the molecule is C[C@@H]1COCCN1c1cc(N(C)S(C)(=O)=O)n2ncc(-c3ccnn3PI)c2n1. The summed E-state index contributed by atoms with van der Waals surface area (Å²) in [6.45, 7) is 3.94. The average Bonchev–Trinajstić information content (AvgIpc) is 3.32. The van der Waals surface area contributed by atoms with Crippen molar-refractivity contribution in [2.24, 2.45) is 0 Å². The zero-order chi connectivity index (χ0) is 20.8. The number of hydrogen-bond donors (Lipinski definition) is 0. The van der Waals surface area contributed by atoms with Crippen molar-refractivity contribution in [1.29, 1.82) is 0 Å². The Morgan fingerprint density at radius 3 is 2.86 bits per heavy atom. The summed E-state index contributed by atoms with van der Waals surface area (Å²) in [5.41, 5.74) is 2.28. The molecule has 13 heteroatoms. The molecule has 2 atom stereocenters. The summed E-state index contributed by atoms with van der Waals surface area (Å²) in [5, 5.41) is 8.80. The van der Waals surface area contributed by atoms with Crippen molar-refractivity contribution < 1.29 is 13.2 Å². The number of ether oxygens (including phenoxy) is 1. The van der Waals surface area contributed by atoms with Crippen LogP contribution < -0.4 is 9.21 Å². The van der Waals surface area contributed by atoms with E-state index in [1.165, 1.54) is 17.6 Å². The third kappa shape index (κ3) is 3.82. The van der Waals surface area contributed by atoms with Crippen molar-refractivity contribution in [2.75, 3.05) is 42.3 Å². The van der Waals surface area contributed by atoms with Gasteiger partial charge < -0.3 is 9.64 Å². The Kier molecular flexibility index (Phi) is 5.70. The first-order valence-corrected chi connectivity index (χ1v) is 14.8. The van der Waals surface area contributed by atoms with Gasteiger partial charge >= 0.3 is 0 Å². The fraction of sp³-hybridized carbons (Fsp3) is 0.438. The van der Waals surface area contributed by atoms with Gasteiger partial charge in [-0.25, -0.2) is 17.9 Å². The number of hydrogen-bond acceptors (Lipinski definition) is 7. The van der Waals surface area contributed by atoms with Crippen LogP contribution in [0, 0.1) is 0 Å². The first-order chi connectivity index (χ1) is 13.8. The number of fused-ring (bicyclic) bond motifs is 1. The molecule has 0 aliphatic carbocycles. The van der Waals surface area contributed by atoms with Gasteiger partial charge in [-0.05, 0) is 35.0 Å². The Morgan fingerprint density at radius 1 is 1.38 bits per heavy atom. The second-order valence-electron chi connectivity index (χ2n) is 6.83. The van der Waals surface area contributed by atoms with Gasteiger partial charge in [-0.3, -0.25) is 4.31 Å². The zero-order valence-corrected chi connectivity index (χ0v) is 20.1.